The molecule has 3 atom stereocenters. The maximum absolute atomic E-state index is 13.2. The zero-order chi connectivity index (χ0) is 32.7. The van der Waals surface area contributed by atoms with Crippen LogP contribution in [0.2, 0.25) is 5.02 Å². The number of rotatable bonds is 7. The van der Waals surface area contributed by atoms with E-state index in [-0.39, 0.29) is 17.6 Å². The third-order valence-electron chi connectivity index (χ3n) is 8.93. The summed E-state index contributed by atoms with van der Waals surface area (Å²) in [7, 11) is 4.43. The van der Waals surface area contributed by atoms with Crippen LogP contribution in [-0.4, -0.2) is 57.6 Å². The van der Waals surface area contributed by atoms with Gasteiger partial charge < -0.3 is 29.8 Å². The van der Waals surface area contributed by atoms with E-state index in [2.05, 4.69) is 16.7 Å². The Morgan fingerprint density at radius 3 is 2.61 bits per heavy atom. The normalized spacial score (nSPS) is 19.1. The lowest BCUT2D eigenvalue weighted by Crippen LogP contribution is -2.47. The van der Waals surface area contributed by atoms with Crippen molar-refractivity contribution >= 4 is 23.2 Å². The Balaban J connectivity index is 1.31. The number of halogens is 1. The second kappa shape index (κ2) is 12.8. The van der Waals surface area contributed by atoms with Crippen molar-refractivity contribution < 1.29 is 19.4 Å². The zero-order valence-corrected chi connectivity index (χ0v) is 26.9. The molecule has 1 aliphatic heterocycles. The Kier molecular flexibility index (Phi) is 8.84. The van der Waals surface area contributed by atoms with Gasteiger partial charge in [0.25, 0.3) is 11.5 Å². The van der Waals surface area contributed by atoms with E-state index in [9.17, 15) is 19.5 Å². The van der Waals surface area contributed by atoms with Crippen molar-refractivity contribution in [2.45, 2.75) is 44.4 Å². The van der Waals surface area contributed by atoms with Crippen LogP contribution >= 0.6 is 11.6 Å². The van der Waals surface area contributed by atoms with Crippen LogP contribution in [0.15, 0.2) is 58.3 Å². The number of benzene rings is 2. The molecule has 12 heteroatoms. The van der Waals surface area contributed by atoms with E-state index in [1.165, 1.54) is 24.9 Å². The molecule has 3 N–H and O–H groups in total. The number of hydrogen-bond acceptors (Lipinski definition) is 8. The molecule has 6 rings (SSSR count). The zero-order valence-electron chi connectivity index (χ0n) is 26.1. The number of aliphatic hydroxyl groups excluding tert-OH is 1. The molecule has 46 heavy (non-hydrogen) atoms. The van der Waals surface area contributed by atoms with Crippen molar-refractivity contribution in [1.29, 1.82) is 0 Å². The molecule has 0 radical (unpaired) electrons. The first kappa shape index (κ1) is 31.7. The summed E-state index contributed by atoms with van der Waals surface area (Å²) in [5.41, 5.74) is 5.00. The molecule has 240 valence electrons. The molecular weight excluding hydrogens is 610 g/mol. The van der Waals surface area contributed by atoms with Crippen LogP contribution in [0.1, 0.15) is 45.9 Å². The van der Waals surface area contributed by atoms with Crippen LogP contribution in [0, 0.1) is 6.92 Å². The van der Waals surface area contributed by atoms with Gasteiger partial charge in [-0.25, -0.2) is 9.78 Å². The molecule has 0 unspecified atom stereocenters. The Labute approximate surface area is 270 Å². The number of ether oxygens (including phenoxy) is 2. The van der Waals surface area contributed by atoms with Crippen molar-refractivity contribution in [2.75, 3.05) is 25.6 Å². The topological polar surface area (TPSA) is 137 Å². The highest BCUT2D eigenvalue weighted by Gasteiger charge is 2.33. The van der Waals surface area contributed by atoms with E-state index in [4.69, 9.17) is 26.1 Å². The first-order chi connectivity index (χ1) is 22.1. The number of pyridine rings is 1. The monoisotopic (exact) mass is 645 g/mol. The minimum Gasteiger partial charge on any atom is -0.481 e. The molecule has 3 heterocycles. The number of nitrogens with zero attached hydrogens (tertiary/aromatic N) is 3. The van der Waals surface area contributed by atoms with E-state index in [1.54, 1.807) is 19.2 Å². The highest BCUT2D eigenvalue weighted by Crippen LogP contribution is 2.43. The lowest BCUT2D eigenvalue weighted by atomic mass is 9.96. The Bertz CT molecular complexity index is 1950. The van der Waals surface area contributed by atoms with Crippen LogP contribution < -0.4 is 26.6 Å². The van der Waals surface area contributed by atoms with Crippen LogP contribution in [0.4, 0.5) is 5.69 Å². The van der Waals surface area contributed by atoms with Gasteiger partial charge in [0.15, 0.2) is 0 Å². The molecule has 0 bridgehead atoms. The van der Waals surface area contributed by atoms with Crippen molar-refractivity contribution in [3.8, 4) is 28.3 Å². The first-order valence-corrected chi connectivity index (χ1v) is 15.5. The quantitative estimate of drug-likeness (QED) is 0.276. The van der Waals surface area contributed by atoms with Gasteiger partial charge in [-0.05, 0) is 55.0 Å². The summed E-state index contributed by atoms with van der Waals surface area (Å²) in [6.45, 7) is 2.80. The molecule has 2 aromatic carbocycles. The number of aliphatic hydroxyl groups is 1. The van der Waals surface area contributed by atoms with Crippen LogP contribution in [0.5, 0.6) is 5.88 Å². The Hall–Kier alpha value is -4.29. The van der Waals surface area contributed by atoms with E-state index in [0.717, 1.165) is 57.2 Å². The fraction of sp³-hybridized carbons (Fsp3) is 0.353. The van der Waals surface area contributed by atoms with Gasteiger partial charge in [0.05, 0.1) is 30.5 Å². The molecule has 1 fully saturated rings. The number of carbonyl (C=O) groups excluding carboxylic acids is 1. The van der Waals surface area contributed by atoms with E-state index in [0.29, 0.717) is 35.5 Å². The molecule has 11 nitrogen and oxygen atoms in total. The van der Waals surface area contributed by atoms with Gasteiger partial charge in [-0.3, -0.25) is 14.2 Å². The maximum atomic E-state index is 13.2. The van der Waals surface area contributed by atoms with E-state index < -0.39 is 23.3 Å². The molecule has 1 aliphatic carbocycles. The molecule has 4 aromatic rings. The number of carbonyl (C=O) groups is 1. The van der Waals surface area contributed by atoms with Crippen molar-refractivity contribution in [3.05, 3.63) is 96.8 Å². The lowest BCUT2D eigenvalue weighted by molar-refractivity contribution is -0.0304. The molecule has 1 saturated heterocycles. The fourth-order valence-corrected chi connectivity index (χ4v) is 6.72. The number of aryl methyl sites for hydroxylation is 2. The maximum Gasteiger partial charge on any atom is 0.330 e. The van der Waals surface area contributed by atoms with Crippen molar-refractivity contribution in [1.82, 2.24) is 19.4 Å². The summed E-state index contributed by atoms with van der Waals surface area (Å²) in [4.78, 5) is 42.8. The molecule has 2 aliphatic rings. The Morgan fingerprint density at radius 1 is 1.11 bits per heavy atom. The number of amides is 1. The van der Waals surface area contributed by atoms with Crippen molar-refractivity contribution in [2.24, 2.45) is 14.1 Å². The van der Waals surface area contributed by atoms with Gasteiger partial charge in [0, 0.05) is 61.4 Å². The third kappa shape index (κ3) is 5.75. The summed E-state index contributed by atoms with van der Waals surface area (Å²) in [5, 5.41) is 17.4. The molecule has 1 amide bonds. The van der Waals surface area contributed by atoms with Crippen molar-refractivity contribution in [3.63, 3.8) is 0 Å². The van der Waals surface area contributed by atoms with Gasteiger partial charge in [0.2, 0.25) is 5.88 Å². The molecule has 0 spiro atoms. The minimum atomic E-state index is -0.675. The summed E-state index contributed by atoms with van der Waals surface area (Å²) >= 11 is 7.10. The number of hydrogen-bond donors (Lipinski definition) is 3. The molecule has 0 saturated carbocycles. The lowest BCUT2D eigenvalue weighted by Gasteiger charge is -2.31. The summed E-state index contributed by atoms with van der Waals surface area (Å²) in [6.07, 6.45) is 3.10. The Morgan fingerprint density at radius 2 is 1.85 bits per heavy atom. The standard InChI is InChI=1S/C34H36ClN5O6/c1-18-20(7-6-10-24(18)37-31(42)23-16-39(2)34(44)40(3)33(23)43)21-8-5-9-22(30(21)35)27-15-19-11-12-26(29(19)32(38-27)45-4)36-25-13-14-46-17-28(25)41/h5-10,15-16,25-26,28,36,41H,11-14,17H2,1-4H3,(H,37,42)/t25-,26+,28+/m1/s1. The third-order valence-corrected chi connectivity index (χ3v) is 9.34. The predicted octanol–water partition coefficient (Wildman–Crippen LogP) is 3.76. The highest BCUT2D eigenvalue weighted by molar-refractivity contribution is 6.36. The van der Waals surface area contributed by atoms with Gasteiger partial charge in [0.1, 0.15) is 5.56 Å². The molecule has 2 aromatic heterocycles. The van der Waals surface area contributed by atoms with Gasteiger partial charge in [-0.1, -0.05) is 41.9 Å². The SMILES string of the molecule is COc1nc(-c2cccc(-c3cccc(NC(=O)c4cn(C)c(=O)n(C)c4=O)c3C)c2Cl)cc2c1[C@@H](N[C@@H]1CCOC[C@@H]1O)CC2. The van der Waals surface area contributed by atoms with E-state index >= 15 is 0 Å². The fourth-order valence-electron chi connectivity index (χ4n) is 6.40. The van der Waals surface area contributed by atoms with Gasteiger partial charge >= 0.3 is 5.69 Å². The van der Waals surface area contributed by atoms with Crippen LogP contribution in [0.3, 0.4) is 0 Å². The average molecular weight is 646 g/mol. The first-order valence-electron chi connectivity index (χ1n) is 15.2. The number of fused-ring (bicyclic) bond motifs is 1. The second-order valence-corrected chi connectivity index (χ2v) is 12.2. The number of methoxy groups -OCH3 is 1. The van der Waals surface area contributed by atoms with Gasteiger partial charge in [-0.15, -0.1) is 0 Å². The predicted molar refractivity (Wildman–Crippen MR) is 176 cm³/mol. The largest absolute Gasteiger partial charge is 0.481 e. The summed E-state index contributed by atoms with van der Waals surface area (Å²) < 4.78 is 13.3. The molecular formula is C34H36ClN5O6. The average Bonchev–Trinajstić information content (AvgIpc) is 3.46. The number of aromatic nitrogens is 3. The minimum absolute atomic E-state index is 0.00705. The van der Waals surface area contributed by atoms with E-state index in [1.807, 2.05) is 31.2 Å². The van der Waals surface area contributed by atoms with Crippen LogP contribution in [-0.2, 0) is 25.3 Å². The number of nitrogens with one attached hydrogen (secondary N) is 2. The second-order valence-electron chi connectivity index (χ2n) is 11.8. The smallest absolute Gasteiger partial charge is 0.330 e. The summed E-state index contributed by atoms with van der Waals surface area (Å²) in [6, 6.07) is 13.2. The number of anilines is 1. The van der Waals surface area contributed by atoms with Crippen LogP contribution in [0.25, 0.3) is 22.4 Å². The summed E-state index contributed by atoms with van der Waals surface area (Å²) in [5.74, 6) is -0.0965. The highest BCUT2D eigenvalue weighted by atomic mass is 35.5. The van der Waals surface area contributed by atoms with Gasteiger partial charge in [-0.2, -0.15) is 0 Å².